The van der Waals surface area contributed by atoms with Gasteiger partial charge in [-0.15, -0.1) is 0 Å². The molecule has 3 aromatic rings. The third-order valence-electron chi connectivity index (χ3n) is 9.01. The summed E-state index contributed by atoms with van der Waals surface area (Å²) >= 11 is 0. The lowest BCUT2D eigenvalue weighted by atomic mass is 9.59. The van der Waals surface area contributed by atoms with Gasteiger partial charge in [-0.05, 0) is 88.0 Å². The molecule has 3 aliphatic rings. The maximum absolute atomic E-state index is 13.8. The number of halogens is 1. The monoisotopic (exact) mass is 626 g/mol. The molecule has 9 nitrogen and oxygen atoms in total. The van der Waals surface area contributed by atoms with E-state index in [1.54, 1.807) is 17.2 Å². The number of rotatable bonds is 6. The number of hydrogen-bond donors (Lipinski definition) is 1. The van der Waals surface area contributed by atoms with Crippen LogP contribution in [0, 0.1) is 11.2 Å². The van der Waals surface area contributed by atoms with Crippen LogP contribution >= 0.6 is 0 Å². The summed E-state index contributed by atoms with van der Waals surface area (Å²) < 4.78 is 19.3. The molecule has 2 aromatic carbocycles. The van der Waals surface area contributed by atoms with E-state index in [2.05, 4.69) is 39.4 Å². The Labute approximate surface area is 270 Å². The van der Waals surface area contributed by atoms with Crippen LogP contribution in [-0.2, 0) is 4.74 Å². The highest BCUT2D eigenvalue weighted by Crippen LogP contribution is 2.54. The van der Waals surface area contributed by atoms with Crippen molar-refractivity contribution in [2.75, 3.05) is 51.2 Å². The zero-order valence-electron chi connectivity index (χ0n) is 27.3. The number of aromatic nitrogens is 2. The molecule has 0 unspecified atom stereocenters. The van der Waals surface area contributed by atoms with Gasteiger partial charge in [0.05, 0.1) is 6.04 Å². The van der Waals surface area contributed by atoms with E-state index in [0.717, 1.165) is 42.6 Å². The number of anilines is 1. The quantitative estimate of drug-likeness (QED) is 0.376. The summed E-state index contributed by atoms with van der Waals surface area (Å²) in [4.78, 5) is 40.6. The van der Waals surface area contributed by atoms with Crippen LogP contribution in [0.4, 0.5) is 15.1 Å². The lowest BCUT2D eigenvalue weighted by Crippen LogP contribution is -2.58. The Morgan fingerprint density at radius 2 is 1.54 bits per heavy atom. The average molecular weight is 627 g/mol. The van der Waals surface area contributed by atoms with E-state index in [0.29, 0.717) is 37.5 Å². The van der Waals surface area contributed by atoms with E-state index >= 15 is 0 Å². The van der Waals surface area contributed by atoms with Gasteiger partial charge in [0.2, 0.25) is 5.95 Å². The van der Waals surface area contributed by atoms with Crippen LogP contribution in [0.1, 0.15) is 73.8 Å². The van der Waals surface area contributed by atoms with Crippen molar-refractivity contribution in [3.05, 3.63) is 94.6 Å². The van der Waals surface area contributed by atoms with Crippen molar-refractivity contribution in [1.29, 1.82) is 0 Å². The van der Waals surface area contributed by atoms with Gasteiger partial charge in [-0.3, -0.25) is 4.79 Å². The molecule has 1 spiro atoms. The normalized spacial score (nSPS) is 18.4. The molecule has 46 heavy (non-hydrogen) atoms. The average Bonchev–Trinajstić information content (AvgIpc) is 2.99. The first-order valence-electron chi connectivity index (χ1n) is 16.0. The topological polar surface area (TPSA) is 90.9 Å². The first-order valence-corrected chi connectivity index (χ1v) is 16.0. The number of piperazine rings is 1. The molecule has 3 heterocycles. The molecule has 6 rings (SSSR count). The fraction of sp³-hybridized carbons (Fsp3) is 0.444. The molecule has 2 aliphatic heterocycles. The summed E-state index contributed by atoms with van der Waals surface area (Å²) in [6.07, 6.45) is 3.40. The molecule has 2 amide bonds. The van der Waals surface area contributed by atoms with E-state index in [4.69, 9.17) is 4.74 Å². The minimum Gasteiger partial charge on any atom is -0.444 e. The van der Waals surface area contributed by atoms with Crippen LogP contribution in [-0.4, -0.2) is 83.7 Å². The largest absolute Gasteiger partial charge is 0.444 e. The number of amides is 2. The van der Waals surface area contributed by atoms with Crippen molar-refractivity contribution in [3.63, 3.8) is 0 Å². The Morgan fingerprint density at radius 1 is 0.935 bits per heavy atom. The number of carbonyl (C=O) groups excluding carboxylic acids is 2. The maximum atomic E-state index is 13.8. The van der Waals surface area contributed by atoms with Gasteiger partial charge in [0.15, 0.2) is 0 Å². The fourth-order valence-corrected chi connectivity index (χ4v) is 6.88. The summed E-state index contributed by atoms with van der Waals surface area (Å²) in [5.41, 5.74) is 5.82. The summed E-state index contributed by atoms with van der Waals surface area (Å²) in [5.74, 6) is -0.0663. The van der Waals surface area contributed by atoms with Crippen LogP contribution in [0.25, 0.3) is 5.57 Å². The molecule has 2 saturated heterocycles. The third kappa shape index (κ3) is 6.92. The van der Waals surface area contributed by atoms with Gasteiger partial charge in [-0.1, -0.05) is 42.0 Å². The van der Waals surface area contributed by atoms with Gasteiger partial charge >= 0.3 is 6.09 Å². The highest BCUT2D eigenvalue weighted by Gasteiger charge is 2.49. The van der Waals surface area contributed by atoms with Crippen molar-refractivity contribution in [1.82, 2.24) is 25.1 Å². The smallest absolute Gasteiger partial charge is 0.410 e. The molecule has 1 saturated carbocycles. The number of nitrogens with zero attached hydrogens (tertiary/aromatic N) is 5. The van der Waals surface area contributed by atoms with Crippen LogP contribution in [0.3, 0.4) is 0 Å². The standard InChI is InChI=1S/C36H43FN6O3/c1-24(39-32(44)30-14-15-38-33(40-30)42-16-18-43(19-17-42)34(45)46-35(2,3)4)25-6-8-26(9-7-25)31(27-10-12-29(37)13-11-27)28-20-36(21-28)22-41(5)23-36/h6-15,24H,16-23H2,1-5H3,(H,39,44)/t24-/m1/s1. The minimum atomic E-state index is -0.546. The van der Waals surface area contributed by atoms with Gasteiger partial charge < -0.3 is 24.8 Å². The van der Waals surface area contributed by atoms with Crippen LogP contribution in [0.15, 0.2) is 66.4 Å². The number of hydrogen-bond acceptors (Lipinski definition) is 7. The van der Waals surface area contributed by atoms with Crippen LogP contribution < -0.4 is 10.2 Å². The Kier molecular flexibility index (Phi) is 8.58. The summed E-state index contributed by atoms with van der Waals surface area (Å²) in [7, 11) is 2.16. The summed E-state index contributed by atoms with van der Waals surface area (Å²) in [6.45, 7) is 11.8. The second-order valence-corrected chi connectivity index (χ2v) is 14.0. The number of nitrogens with one attached hydrogen (secondary N) is 1. The maximum Gasteiger partial charge on any atom is 0.410 e. The summed E-state index contributed by atoms with van der Waals surface area (Å²) in [6, 6.07) is 16.4. The second-order valence-electron chi connectivity index (χ2n) is 14.0. The van der Waals surface area contributed by atoms with Crippen LogP contribution in [0.5, 0.6) is 0 Å². The number of benzene rings is 2. The molecule has 3 fully saturated rings. The highest BCUT2D eigenvalue weighted by atomic mass is 19.1. The predicted molar refractivity (Wildman–Crippen MR) is 176 cm³/mol. The van der Waals surface area contributed by atoms with E-state index < -0.39 is 5.60 Å². The predicted octanol–water partition coefficient (Wildman–Crippen LogP) is 5.69. The van der Waals surface area contributed by atoms with Crippen molar-refractivity contribution >= 4 is 23.5 Å². The van der Waals surface area contributed by atoms with Crippen molar-refractivity contribution in [3.8, 4) is 0 Å². The Bertz CT molecular complexity index is 1610. The number of carbonyl (C=O) groups is 2. The van der Waals surface area contributed by atoms with Gasteiger partial charge in [-0.25, -0.2) is 19.2 Å². The molecule has 0 radical (unpaired) electrons. The first-order chi connectivity index (χ1) is 21.9. The molecular formula is C36H43FN6O3. The van der Waals surface area contributed by atoms with Gasteiger partial charge in [0, 0.05) is 50.9 Å². The lowest BCUT2D eigenvalue weighted by Gasteiger charge is -2.56. The molecule has 0 bridgehead atoms. The van der Waals surface area contributed by atoms with Crippen molar-refractivity contribution in [2.24, 2.45) is 5.41 Å². The van der Waals surface area contributed by atoms with Gasteiger partial charge in [-0.2, -0.15) is 0 Å². The van der Waals surface area contributed by atoms with E-state index in [1.807, 2.05) is 56.9 Å². The SMILES string of the molecule is C[C@@H](NC(=O)c1ccnc(N2CCN(C(=O)OC(C)(C)C)CC2)n1)c1ccc(C(=C2CC3(C2)CN(C)C3)c2ccc(F)cc2)cc1. The second kappa shape index (κ2) is 12.5. The van der Waals surface area contributed by atoms with E-state index in [1.165, 1.54) is 23.3 Å². The van der Waals surface area contributed by atoms with Gasteiger partial charge in [0.25, 0.3) is 5.91 Å². The molecule has 242 valence electrons. The molecule has 1 atom stereocenters. The van der Waals surface area contributed by atoms with Gasteiger partial charge in [0.1, 0.15) is 17.1 Å². The molecule has 1 aliphatic carbocycles. The zero-order valence-corrected chi connectivity index (χ0v) is 27.3. The molecule has 1 N–H and O–H groups in total. The molecule has 10 heteroatoms. The summed E-state index contributed by atoms with van der Waals surface area (Å²) in [5, 5.41) is 3.07. The Balaban J connectivity index is 1.10. The van der Waals surface area contributed by atoms with Crippen LogP contribution in [0.2, 0.25) is 0 Å². The Hall–Kier alpha value is -4.31. The third-order valence-corrected chi connectivity index (χ3v) is 9.01. The van der Waals surface area contributed by atoms with E-state index in [-0.39, 0.29) is 29.6 Å². The Morgan fingerprint density at radius 3 is 2.13 bits per heavy atom. The number of allylic oxidation sites excluding steroid dienone is 1. The van der Waals surface area contributed by atoms with E-state index in [9.17, 15) is 14.0 Å². The molecule has 1 aromatic heterocycles. The number of likely N-dealkylation sites (tertiary alicyclic amines) is 1. The van der Waals surface area contributed by atoms with Crippen molar-refractivity contribution < 1.29 is 18.7 Å². The fourth-order valence-electron chi connectivity index (χ4n) is 6.88. The number of ether oxygens (including phenoxy) is 1. The minimum absolute atomic E-state index is 0.240. The zero-order chi connectivity index (χ0) is 32.6. The van der Waals surface area contributed by atoms with Crippen molar-refractivity contribution in [2.45, 2.75) is 52.2 Å². The molecular weight excluding hydrogens is 583 g/mol. The first kappa shape index (κ1) is 31.7. The highest BCUT2D eigenvalue weighted by molar-refractivity contribution is 5.92. The lowest BCUT2D eigenvalue weighted by molar-refractivity contribution is -0.0106.